The zero-order valence-corrected chi connectivity index (χ0v) is 28.8. The van der Waals surface area contributed by atoms with Crippen LogP contribution in [0.25, 0.3) is 0 Å². The molecule has 5 nitrogen and oxygen atoms in total. The van der Waals surface area contributed by atoms with Gasteiger partial charge in [0, 0.05) is 66.8 Å². The van der Waals surface area contributed by atoms with Crippen molar-refractivity contribution in [3.05, 3.63) is 63.5 Å². The molecule has 0 saturated carbocycles. The van der Waals surface area contributed by atoms with Gasteiger partial charge >= 0.3 is 6.18 Å². The van der Waals surface area contributed by atoms with Crippen molar-refractivity contribution < 1.29 is 31.6 Å². The van der Waals surface area contributed by atoms with Crippen LogP contribution in [0.15, 0.2) is 24.3 Å². The molecule has 9 heteroatoms. The van der Waals surface area contributed by atoms with Gasteiger partial charge in [0.1, 0.15) is 6.10 Å². The number of fused-ring (bicyclic) bond motifs is 4. The van der Waals surface area contributed by atoms with Crippen molar-refractivity contribution in [2.75, 3.05) is 38.4 Å². The van der Waals surface area contributed by atoms with E-state index in [1.165, 1.54) is 23.3 Å². The molecule has 45 heavy (non-hydrogen) atoms. The van der Waals surface area contributed by atoms with Crippen LogP contribution in [0.3, 0.4) is 0 Å². The first-order valence-corrected chi connectivity index (χ1v) is 18.7. The van der Waals surface area contributed by atoms with Crippen molar-refractivity contribution in [3.8, 4) is 0 Å². The van der Waals surface area contributed by atoms with Gasteiger partial charge in [-0.05, 0) is 66.4 Å². The Kier molecular flexibility index (Phi) is 8.72. The third-order valence-electron chi connectivity index (χ3n) is 10.8. The third kappa shape index (κ3) is 6.10. The molecule has 0 radical (unpaired) electrons. The Hall–Kier alpha value is -1.65. The molecule has 0 bridgehead atoms. The van der Waals surface area contributed by atoms with E-state index in [-0.39, 0.29) is 22.2 Å². The Balaban J connectivity index is 1.60. The summed E-state index contributed by atoms with van der Waals surface area (Å²) < 4.78 is 67.0. The molecule has 1 aliphatic carbocycles. The van der Waals surface area contributed by atoms with Gasteiger partial charge in [0.05, 0.1) is 23.0 Å². The molecule has 1 aromatic heterocycles. The highest BCUT2D eigenvalue weighted by Gasteiger charge is 2.54. The van der Waals surface area contributed by atoms with Gasteiger partial charge in [0.2, 0.25) is 0 Å². The van der Waals surface area contributed by atoms with E-state index < -0.39 is 33.8 Å². The molecule has 4 heterocycles. The first-order chi connectivity index (χ1) is 21.1. The molecule has 3 aliphatic heterocycles. The highest BCUT2D eigenvalue weighted by atomic mass is 32.3. The van der Waals surface area contributed by atoms with Crippen LogP contribution < -0.4 is 0 Å². The van der Waals surface area contributed by atoms with E-state index in [1.54, 1.807) is 12.1 Å². The van der Waals surface area contributed by atoms with E-state index in [2.05, 4.69) is 47.8 Å². The summed E-state index contributed by atoms with van der Waals surface area (Å²) in [4.78, 5) is 5.57. The number of aromatic nitrogens is 1. The summed E-state index contributed by atoms with van der Waals surface area (Å²) in [5, 5.41) is 0. The predicted molar refractivity (Wildman–Crippen MR) is 173 cm³/mol. The summed E-state index contributed by atoms with van der Waals surface area (Å²) in [5.41, 5.74) is 5.02. The SMILES string of the molecule is CCS(C)(O[C@H]1CC(C)(C)Cc2nc(C3CCOCC3)c3c(c21)C1(CCOCC1)O[C@@H]3c1ccc(C(F)(F)F)cc1)C(C)(C)C. The number of pyridine rings is 1. The number of hydrogen-bond acceptors (Lipinski definition) is 5. The van der Waals surface area contributed by atoms with Gasteiger partial charge in [-0.3, -0.25) is 4.98 Å². The molecular weight excluding hydrogens is 599 g/mol. The largest absolute Gasteiger partial charge is 0.416 e. The van der Waals surface area contributed by atoms with Crippen LogP contribution >= 0.6 is 10.3 Å². The van der Waals surface area contributed by atoms with Crippen molar-refractivity contribution in [2.24, 2.45) is 5.41 Å². The lowest BCUT2D eigenvalue weighted by Crippen LogP contribution is -2.38. The Bertz CT molecular complexity index is 1390. The number of hydrogen-bond donors (Lipinski definition) is 0. The normalized spacial score (nSPS) is 27.1. The van der Waals surface area contributed by atoms with Crippen molar-refractivity contribution in [3.63, 3.8) is 0 Å². The zero-order valence-electron chi connectivity index (χ0n) is 27.9. The van der Waals surface area contributed by atoms with E-state index in [9.17, 15) is 13.2 Å². The molecule has 2 fully saturated rings. The van der Waals surface area contributed by atoms with E-state index in [0.29, 0.717) is 39.3 Å². The van der Waals surface area contributed by atoms with Gasteiger partial charge in [0.25, 0.3) is 0 Å². The molecule has 1 aromatic carbocycles. The number of nitrogens with zero attached hydrogens (tertiary/aromatic N) is 1. The molecule has 2 aromatic rings. The van der Waals surface area contributed by atoms with E-state index >= 15 is 0 Å². The second kappa shape index (κ2) is 11.8. The van der Waals surface area contributed by atoms with Crippen LogP contribution in [-0.2, 0) is 36.6 Å². The summed E-state index contributed by atoms with van der Waals surface area (Å²) in [6.45, 7) is 16.2. The van der Waals surface area contributed by atoms with E-state index in [4.69, 9.17) is 23.4 Å². The second-order valence-electron chi connectivity index (χ2n) is 15.3. The van der Waals surface area contributed by atoms with Crippen molar-refractivity contribution in [1.82, 2.24) is 4.98 Å². The van der Waals surface area contributed by atoms with Gasteiger partial charge in [0.15, 0.2) is 0 Å². The molecular formula is C36H50F3NO4S. The molecule has 0 N–H and O–H groups in total. The van der Waals surface area contributed by atoms with E-state index in [1.807, 2.05) is 0 Å². The Morgan fingerprint density at radius 3 is 2.16 bits per heavy atom. The topological polar surface area (TPSA) is 49.8 Å². The lowest BCUT2D eigenvalue weighted by molar-refractivity contribution is -0.137. The maximum Gasteiger partial charge on any atom is 0.416 e. The maximum absolute atomic E-state index is 13.6. The molecule has 2 saturated heterocycles. The van der Waals surface area contributed by atoms with E-state index in [0.717, 1.165) is 54.0 Å². The minimum Gasteiger partial charge on any atom is -0.381 e. The Labute approximate surface area is 268 Å². The minimum absolute atomic E-state index is 0.00699. The third-order valence-corrected chi connectivity index (χ3v) is 15.1. The van der Waals surface area contributed by atoms with Gasteiger partial charge in [-0.15, -0.1) is 10.3 Å². The standard InChI is InChI=1S/C36H50F3NO4S/c1-8-45(7,33(2,3)4)44-27-22-34(5,6)21-26-28(27)30-29(31(40-26)23-13-17-41-18-14-23)32(43-35(30)15-19-42-20-16-35)24-9-11-25(12-10-24)36(37,38)39/h9-12,23,27,32H,8,13-22H2,1-7H3/t27-,32+/m0/s1. The fourth-order valence-electron chi connectivity index (χ4n) is 7.81. The number of ether oxygens (including phenoxy) is 3. The number of benzene rings is 1. The predicted octanol–water partition coefficient (Wildman–Crippen LogP) is 9.32. The van der Waals surface area contributed by atoms with Crippen molar-refractivity contribution in [1.29, 1.82) is 0 Å². The lowest BCUT2D eigenvalue weighted by Gasteiger charge is -2.51. The smallest absolute Gasteiger partial charge is 0.381 e. The molecule has 1 unspecified atom stereocenters. The molecule has 3 atom stereocenters. The summed E-state index contributed by atoms with van der Waals surface area (Å²) in [7, 11) is -1.48. The van der Waals surface area contributed by atoms with Crippen LogP contribution in [0.1, 0.15) is 131 Å². The van der Waals surface area contributed by atoms with Crippen molar-refractivity contribution in [2.45, 2.75) is 115 Å². The fraction of sp³-hybridized carbons (Fsp3) is 0.694. The monoisotopic (exact) mass is 649 g/mol. The van der Waals surface area contributed by atoms with Crippen LogP contribution in [0, 0.1) is 5.41 Å². The quantitative estimate of drug-likeness (QED) is 0.323. The highest BCUT2D eigenvalue weighted by molar-refractivity contribution is 8.30. The first kappa shape index (κ1) is 33.3. The molecule has 0 amide bonds. The molecule has 250 valence electrons. The Morgan fingerprint density at radius 2 is 1.58 bits per heavy atom. The van der Waals surface area contributed by atoms with Crippen LogP contribution in [-0.4, -0.2) is 48.2 Å². The summed E-state index contributed by atoms with van der Waals surface area (Å²) >= 11 is 0. The summed E-state index contributed by atoms with van der Waals surface area (Å²) in [5.74, 6) is 1.14. The van der Waals surface area contributed by atoms with Crippen molar-refractivity contribution >= 4 is 10.3 Å². The van der Waals surface area contributed by atoms with Gasteiger partial charge < -0.3 is 18.4 Å². The number of rotatable bonds is 5. The molecule has 1 spiro atoms. The fourth-order valence-corrected chi connectivity index (χ4v) is 9.78. The Morgan fingerprint density at radius 1 is 0.956 bits per heavy atom. The lowest BCUT2D eigenvalue weighted by atomic mass is 9.69. The molecule has 6 rings (SSSR count). The number of alkyl halides is 3. The average Bonchev–Trinajstić information content (AvgIpc) is 3.29. The first-order valence-electron chi connectivity index (χ1n) is 16.6. The number of halogens is 3. The van der Waals surface area contributed by atoms with Gasteiger partial charge in [-0.25, -0.2) is 0 Å². The highest BCUT2D eigenvalue weighted by Crippen LogP contribution is 2.64. The van der Waals surface area contributed by atoms with Gasteiger partial charge in [-0.1, -0.05) is 53.7 Å². The average molecular weight is 650 g/mol. The summed E-state index contributed by atoms with van der Waals surface area (Å²) in [6.07, 6.45) is 2.06. The maximum atomic E-state index is 13.6. The van der Waals surface area contributed by atoms with Crippen LogP contribution in [0.4, 0.5) is 13.2 Å². The minimum atomic E-state index is -4.40. The van der Waals surface area contributed by atoms with Crippen LogP contribution in [0.5, 0.6) is 0 Å². The van der Waals surface area contributed by atoms with Crippen LogP contribution in [0.2, 0.25) is 0 Å². The second-order valence-corrected chi connectivity index (χ2v) is 19.3. The summed E-state index contributed by atoms with van der Waals surface area (Å²) in [6, 6.07) is 5.55. The molecule has 4 aliphatic rings. The zero-order chi connectivity index (χ0) is 32.4. The van der Waals surface area contributed by atoms with Gasteiger partial charge in [-0.2, -0.15) is 13.2 Å².